The largest absolute Gasteiger partial charge is 0.497 e. The molecule has 1 aliphatic rings. The molecule has 1 amide bonds. The van der Waals surface area contributed by atoms with Gasteiger partial charge in [-0.05, 0) is 46.5 Å². The lowest BCUT2D eigenvalue weighted by Gasteiger charge is -2.22. The number of methoxy groups -OCH3 is 1. The van der Waals surface area contributed by atoms with Crippen molar-refractivity contribution in [3.63, 3.8) is 0 Å². The molecule has 29 heavy (non-hydrogen) atoms. The van der Waals surface area contributed by atoms with Crippen LogP contribution >= 0.6 is 11.8 Å². The van der Waals surface area contributed by atoms with Crippen LogP contribution in [-0.2, 0) is 11.3 Å². The van der Waals surface area contributed by atoms with Gasteiger partial charge in [-0.2, -0.15) is 0 Å². The molecule has 3 aromatic rings. The number of rotatable bonds is 7. The molecule has 0 N–H and O–H groups in total. The molecule has 4 rings (SSSR count). The molecular weight excluding hydrogens is 386 g/mol. The molecule has 0 radical (unpaired) electrons. The SMILES string of the molecule is COc1ccc(Cn2nnnc2S[C@H](C(=O)N2CCCC2)c2ccccc2)cc1. The Hall–Kier alpha value is -2.87. The van der Waals surface area contributed by atoms with E-state index < -0.39 is 0 Å². The molecule has 1 atom stereocenters. The second-order valence-corrected chi connectivity index (χ2v) is 7.98. The van der Waals surface area contributed by atoms with Gasteiger partial charge in [0, 0.05) is 13.1 Å². The van der Waals surface area contributed by atoms with Crippen molar-refractivity contribution in [2.45, 2.75) is 29.8 Å². The first-order valence-electron chi connectivity index (χ1n) is 9.64. The topological polar surface area (TPSA) is 73.1 Å². The van der Waals surface area contributed by atoms with Gasteiger partial charge in [-0.15, -0.1) is 5.10 Å². The van der Waals surface area contributed by atoms with E-state index in [4.69, 9.17) is 4.74 Å². The van der Waals surface area contributed by atoms with E-state index in [-0.39, 0.29) is 11.2 Å². The van der Waals surface area contributed by atoms with Crippen molar-refractivity contribution >= 4 is 17.7 Å². The van der Waals surface area contributed by atoms with E-state index in [1.54, 1.807) is 11.8 Å². The summed E-state index contributed by atoms with van der Waals surface area (Å²) in [6.07, 6.45) is 2.13. The Balaban J connectivity index is 1.56. The summed E-state index contributed by atoms with van der Waals surface area (Å²) in [4.78, 5) is 15.2. The Kier molecular flexibility index (Phi) is 6.09. The van der Waals surface area contributed by atoms with Gasteiger partial charge in [0.1, 0.15) is 11.0 Å². The average molecular weight is 410 g/mol. The summed E-state index contributed by atoms with van der Waals surface area (Å²) >= 11 is 1.41. The standard InChI is InChI=1S/C21H23N5O2S/c1-28-18-11-9-16(10-12-18)15-26-21(22-23-24-26)29-19(17-7-3-2-4-8-17)20(27)25-13-5-6-14-25/h2-4,7-12,19H,5-6,13-15H2,1H3/t19-/m0/s1. The van der Waals surface area contributed by atoms with Crippen LogP contribution in [0.5, 0.6) is 5.75 Å². The third-order valence-electron chi connectivity index (χ3n) is 4.96. The number of aromatic nitrogens is 4. The number of benzene rings is 2. The molecule has 1 saturated heterocycles. The number of likely N-dealkylation sites (tertiary alicyclic amines) is 1. The molecule has 7 nitrogen and oxygen atoms in total. The Bertz CT molecular complexity index is 939. The first-order chi connectivity index (χ1) is 14.2. The van der Waals surface area contributed by atoms with Crippen LogP contribution in [0.1, 0.15) is 29.2 Å². The Morgan fingerprint density at radius 2 is 1.83 bits per heavy atom. The van der Waals surface area contributed by atoms with E-state index in [1.807, 2.05) is 59.5 Å². The number of nitrogens with zero attached hydrogens (tertiary/aromatic N) is 5. The van der Waals surface area contributed by atoms with Crippen LogP contribution < -0.4 is 4.74 Å². The summed E-state index contributed by atoms with van der Waals surface area (Å²) < 4.78 is 6.95. The van der Waals surface area contributed by atoms with Crippen molar-refractivity contribution in [2.75, 3.05) is 20.2 Å². The predicted molar refractivity (Wildman–Crippen MR) is 111 cm³/mol. The van der Waals surface area contributed by atoms with Crippen LogP contribution in [0.4, 0.5) is 0 Å². The first kappa shape index (κ1) is 19.4. The van der Waals surface area contributed by atoms with Crippen LogP contribution in [0.25, 0.3) is 0 Å². The van der Waals surface area contributed by atoms with Crippen molar-refractivity contribution < 1.29 is 9.53 Å². The number of amides is 1. The minimum absolute atomic E-state index is 0.123. The van der Waals surface area contributed by atoms with Gasteiger partial charge in [0.2, 0.25) is 11.1 Å². The van der Waals surface area contributed by atoms with E-state index in [2.05, 4.69) is 15.5 Å². The second-order valence-electron chi connectivity index (χ2n) is 6.91. The van der Waals surface area contributed by atoms with E-state index in [0.717, 1.165) is 42.8 Å². The molecule has 150 valence electrons. The fraction of sp³-hybridized carbons (Fsp3) is 0.333. The van der Waals surface area contributed by atoms with Gasteiger partial charge in [0.15, 0.2) is 0 Å². The summed E-state index contributed by atoms with van der Waals surface area (Å²) in [7, 11) is 1.65. The van der Waals surface area contributed by atoms with Gasteiger partial charge in [0.25, 0.3) is 0 Å². The molecular formula is C21H23N5O2S. The van der Waals surface area contributed by atoms with Crippen LogP contribution in [0.2, 0.25) is 0 Å². The number of carbonyl (C=O) groups is 1. The highest BCUT2D eigenvalue weighted by Crippen LogP contribution is 2.36. The summed E-state index contributed by atoms with van der Waals surface area (Å²) in [6.45, 7) is 2.16. The fourth-order valence-electron chi connectivity index (χ4n) is 3.38. The third-order valence-corrected chi connectivity index (χ3v) is 6.17. The van der Waals surface area contributed by atoms with Crippen molar-refractivity contribution in [1.82, 2.24) is 25.1 Å². The number of carbonyl (C=O) groups excluding carboxylic acids is 1. The summed E-state index contributed by atoms with van der Waals surface area (Å²) in [5.74, 6) is 0.929. The summed E-state index contributed by atoms with van der Waals surface area (Å²) in [5.41, 5.74) is 2.02. The van der Waals surface area contributed by atoms with Gasteiger partial charge in [-0.3, -0.25) is 4.79 Å². The smallest absolute Gasteiger partial charge is 0.240 e. The molecule has 8 heteroatoms. The van der Waals surface area contributed by atoms with E-state index in [1.165, 1.54) is 11.8 Å². The number of thioether (sulfide) groups is 1. The molecule has 1 fully saturated rings. The third kappa shape index (κ3) is 4.59. The zero-order valence-electron chi connectivity index (χ0n) is 16.3. The maximum Gasteiger partial charge on any atom is 0.240 e. The molecule has 1 aliphatic heterocycles. The number of hydrogen-bond acceptors (Lipinski definition) is 6. The lowest BCUT2D eigenvalue weighted by molar-refractivity contribution is -0.129. The van der Waals surface area contributed by atoms with Gasteiger partial charge < -0.3 is 9.64 Å². The molecule has 0 unspecified atom stereocenters. The molecule has 2 aromatic carbocycles. The van der Waals surface area contributed by atoms with Gasteiger partial charge in [-0.25, -0.2) is 4.68 Å². The quantitative estimate of drug-likeness (QED) is 0.558. The van der Waals surface area contributed by atoms with Crippen LogP contribution in [0, 0.1) is 0 Å². The minimum atomic E-state index is -0.366. The maximum atomic E-state index is 13.2. The van der Waals surface area contributed by atoms with Crippen molar-refractivity contribution in [1.29, 1.82) is 0 Å². The van der Waals surface area contributed by atoms with E-state index in [9.17, 15) is 4.79 Å². The zero-order chi connectivity index (χ0) is 20.1. The highest BCUT2D eigenvalue weighted by Gasteiger charge is 2.30. The summed E-state index contributed by atoms with van der Waals surface area (Å²) in [5, 5.41) is 12.4. The summed E-state index contributed by atoms with van der Waals surface area (Å²) in [6, 6.07) is 17.6. The van der Waals surface area contributed by atoms with Crippen LogP contribution in [0.15, 0.2) is 59.8 Å². The lowest BCUT2D eigenvalue weighted by atomic mass is 10.1. The number of hydrogen-bond donors (Lipinski definition) is 0. The zero-order valence-corrected chi connectivity index (χ0v) is 17.1. The number of ether oxygens (including phenoxy) is 1. The Morgan fingerprint density at radius 1 is 1.10 bits per heavy atom. The lowest BCUT2D eigenvalue weighted by Crippen LogP contribution is -2.31. The van der Waals surface area contributed by atoms with E-state index in [0.29, 0.717) is 11.7 Å². The van der Waals surface area contributed by atoms with Crippen molar-refractivity contribution in [3.05, 3.63) is 65.7 Å². The molecule has 0 aliphatic carbocycles. The molecule has 0 spiro atoms. The predicted octanol–water partition coefficient (Wildman–Crippen LogP) is 3.19. The molecule has 1 aromatic heterocycles. The van der Waals surface area contributed by atoms with Gasteiger partial charge in [-0.1, -0.05) is 54.2 Å². The molecule has 2 heterocycles. The number of tetrazole rings is 1. The van der Waals surface area contributed by atoms with Crippen molar-refractivity contribution in [3.8, 4) is 5.75 Å². The second kappa shape index (κ2) is 9.09. The molecule has 0 saturated carbocycles. The monoisotopic (exact) mass is 409 g/mol. The minimum Gasteiger partial charge on any atom is -0.497 e. The van der Waals surface area contributed by atoms with Crippen LogP contribution in [-0.4, -0.2) is 51.2 Å². The van der Waals surface area contributed by atoms with Crippen molar-refractivity contribution in [2.24, 2.45) is 0 Å². The van der Waals surface area contributed by atoms with E-state index >= 15 is 0 Å². The maximum absolute atomic E-state index is 13.2. The highest BCUT2D eigenvalue weighted by molar-refractivity contribution is 8.00. The highest BCUT2D eigenvalue weighted by atomic mass is 32.2. The fourth-order valence-corrected chi connectivity index (χ4v) is 4.44. The van der Waals surface area contributed by atoms with Gasteiger partial charge in [0.05, 0.1) is 13.7 Å². The van der Waals surface area contributed by atoms with Crippen LogP contribution in [0.3, 0.4) is 0 Å². The Labute approximate surface area is 174 Å². The van der Waals surface area contributed by atoms with Gasteiger partial charge >= 0.3 is 0 Å². The average Bonchev–Trinajstić information content (AvgIpc) is 3.45. The normalized spacial score (nSPS) is 14.7. The molecule has 0 bridgehead atoms. The first-order valence-corrected chi connectivity index (χ1v) is 10.5. The Morgan fingerprint density at radius 3 is 2.52 bits per heavy atom.